The van der Waals surface area contributed by atoms with E-state index in [1.807, 2.05) is 33.3 Å². The fourth-order valence-electron chi connectivity index (χ4n) is 7.53. The molecule has 0 radical (unpaired) electrons. The average molecular weight is 986 g/mol. The number of phosphoric ester groups is 1. The highest BCUT2D eigenvalue weighted by molar-refractivity contribution is 7.47. The van der Waals surface area contributed by atoms with Gasteiger partial charge in [-0.15, -0.1) is 0 Å². The molecule has 0 saturated carbocycles. The maximum atomic E-state index is 13.5. The van der Waals surface area contributed by atoms with Crippen LogP contribution in [0.1, 0.15) is 226 Å². The summed E-state index contributed by atoms with van der Waals surface area (Å²) in [6.45, 7) is 6.80. The number of rotatable bonds is 49. The molecule has 3 unspecified atom stereocenters. The second-order valence-corrected chi connectivity index (χ2v) is 21.2. The molecule has 0 saturated heterocycles. The number of carbonyl (C=O) groups excluding carboxylic acids is 2. The molecule has 398 valence electrons. The fraction of sp³-hybridized carbons (Fsp3) is 0.729. The molecule has 0 spiro atoms. The summed E-state index contributed by atoms with van der Waals surface area (Å²) in [6.07, 6.45) is 62.9. The van der Waals surface area contributed by atoms with E-state index in [0.29, 0.717) is 23.9 Å². The third-order valence-electron chi connectivity index (χ3n) is 11.9. The minimum atomic E-state index is -4.45. The molecule has 0 rings (SSSR count). The third kappa shape index (κ3) is 49.9. The molecule has 0 aromatic heterocycles. The van der Waals surface area contributed by atoms with E-state index < -0.39 is 20.0 Å². The fourth-order valence-corrected chi connectivity index (χ4v) is 8.27. The predicted molar refractivity (Wildman–Crippen MR) is 295 cm³/mol. The lowest BCUT2D eigenvalue weighted by molar-refractivity contribution is -0.870. The van der Waals surface area contributed by atoms with Gasteiger partial charge in [0.15, 0.2) is 0 Å². The van der Waals surface area contributed by atoms with Crippen LogP contribution in [0.4, 0.5) is 0 Å². The molecule has 0 aliphatic carbocycles. The van der Waals surface area contributed by atoms with Gasteiger partial charge in [-0.05, 0) is 89.5 Å². The van der Waals surface area contributed by atoms with Crippen molar-refractivity contribution in [2.75, 3.05) is 40.9 Å². The molecule has 10 heteroatoms. The maximum Gasteiger partial charge on any atom is 0.472 e. The first-order valence-corrected chi connectivity index (χ1v) is 29.4. The molecule has 0 heterocycles. The van der Waals surface area contributed by atoms with Gasteiger partial charge in [-0.25, -0.2) is 4.57 Å². The summed E-state index contributed by atoms with van der Waals surface area (Å²) in [5, 5.41) is 3.03. The smallest absolute Gasteiger partial charge is 0.456 e. The van der Waals surface area contributed by atoms with E-state index in [1.165, 1.54) is 89.9 Å². The van der Waals surface area contributed by atoms with Crippen molar-refractivity contribution in [2.24, 2.45) is 0 Å². The number of nitrogens with one attached hydrogen (secondary N) is 1. The van der Waals surface area contributed by atoms with Gasteiger partial charge >= 0.3 is 13.8 Å². The zero-order chi connectivity index (χ0) is 50.8. The van der Waals surface area contributed by atoms with E-state index in [9.17, 15) is 19.0 Å². The second-order valence-electron chi connectivity index (χ2n) is 19.8. The number of nitrogens with zero attached hydrogens (tertiary/aromatic N) is 1. The van der Waals surface area contributed by atoms with Crippen molar-refractivity contribution in [2.45, 2.75) is 238 Å². The number of quaternary nitrogens is 1. The van der Waals surface area contributed by atoms with E-state index in [4.69, 9.17) is 13.8 Å². The molecule has 0 aromatic rings. The van der Waals surface area contributed by atoms with Gasteiger partial charge in [-0.3, -0.25) is 18.6 Å². The maximum absolute atomic E-state index is 13.5. The van der Waals surface area contributed by atoms with Gasteiger partial charge in [0.25, 0.3) is 0 Å². The van der Waals surface area contributed by atoms with Gasteiger partial charge in [0.2, 0.25) is 5.91 Å². The Bertz CT molecular complexity index is 1460. The van der Waals surface area contributed by atoms with Crippen molar-refractivity contribution >= 4 is 19.7 Å². The molecule has 0 aromatic carbocycles. The molecule has 0 aliphatic heterocycles. The van der Waals surface area contributed by atoms with Gasteiger partial charge in [0.05, 0.1) is 33.8 Å². The quantitative estimate of drug-likeness (QED) is 0.0156. The van der Waals surface area contributed by atoms with Crippen LogP contribution >= 0.6 is 7.82 Å². The van der Waals surface area contributed by atoms with Gasteiger partial charge in [0, 0.05) is 12.8 Å². The number of ether oxygens (including phenoxy) is 1. The van der Waals surface area contributed by atoms with Gasteiger partial charge in [-0.2, -0.15) is 0 Å². The van der Waals surface area contributed by atoms with Crippen molar-refractivity contribution in [1.82, 2.24) is 5.32 Å². The van der Waals surface area contributed by atoms with Crippen LogP contribution in [0.3, 0.4) is 0 Å². The summed E-state index contributed by atoms with van der Waals surface area (Å²) in [4.78, 5) is 37.5. The van der Waals surface area contributed by atoms with E-state index in [0.717, 1.165) is 96.3 Å². The van der Waals surface area contributed by atoms with E-state index in [1.54, 1.807) is 0 Å². The number of hydrogen-bond acceptors (Lipinski definition) is 6. The van der Waals surface area contributed by atoms with Crippen LogP contribution in [0.5, 0.6) is 0 Å². The predicted octanol–water partition coefficient (Wildman–Crippen LogP) is 16.7. The van der Waals surface area contributed by atoms with E-state index >= 15 is 0 Å². The van der Waals surface area contributed by atoms with Crippen LogP contribution in [0.15, 0.2) is 85.1 Å². The summed E-state index contributed by atoms with van der Waals surface area (Å²) in [6, 6.07) is -0.866. The highest BCUT2D eigenvalue weighted by Crippen LogP contribution is 2.43. The Hall–Kier alpha value is -2.81. The van der Waals surface area contributed by atoms with Crippen LogP contribution in [0.25, 0.3) is 0 Å². The summed E-state index contributed by atoms with van der Waals surface area (Å²) >= 11 is 0. The van der Waals surface area contributed by atoms with Crippen LogP contribution in [-0.4, -0.2) is 74.3 Å². The topological polar surface area (TPSA) is 111 Å². The minimum absolute atomic E-state index is 0.0300. The van der Waals surface area contributed by atoms with Crippen molar-refractivity contribution in [1.29, 1.82) is 0 Å². The summed E-state index contributed by atoms with van der Waals surface area (Å²) < 4.78 is 30.5. The number of likely N-dealkylation sites (N-methyl/N-ethyl adjacent to an activating group) is 1. The third-order valence-corrected chi connectivity index (χ3v) is 12.9. The number of esters is 1. The van der Waals surface area contributed by atoms with E-state index in [-0.39, 0.29) is 31.5 Å². The standard InChI is InChI=1S/C59H105N2O7P/c1-7-10-13-16-19-22-25-27-29-30-32-34-37-40-43-46-49-52-59(63)68-57(50-47-44-41-38-35-24-21-18-15-12-9-3)56(55-67-69(64,65)66-54-53-61(4,5)6)60-58(62)51-48-45-42-39-36-33-31-28-26-23-20-17-14-11-8-2/h11,14,17,19-20,22-23,26-27,29,32,34,47,50,56-57H,7-10,12-13,15-16,18,21,24-25,28,30-31,33,35-46,48-49,51-55H2,1-6H3,(H-,60,62,64,65)/p+1/b14-11+,20-17+,22-19-,26-23+,29-27-,34-32-,50-47+. The number of allylic oxidation sites excluding steroid dienone is 13. The number of hydrogen-bond donors (Lipinski definition) is 2. The normalized spacial score (nSPS) is 14.5. The first-order chi connectivity index (χ1) is 33.4. The van der Waals surface area contributed by atoms with Crippen LogP contribution < -0.4 is 5.32 Å². The highest BCUT2D eigenvalue weighted by Gasteiger charge is 2.30. The number of unbranched alkanes of at least 4 members (excludes halogenated alkanes) is 23. The number of phosphoric acid groups is 1. The van der Waals surface area contributed by atoms with Crippen molar-refractivity contribution in [3.05, 3.63) is 85.1 Å². The first kappa shape index (κ1) is 66.2. The monoisotopic (exact) mass is 986 g/mol. The van der Waals surface area contributed by atoms with Crippen molar-refractivity contribution in [3.8, 4) is 0 Å². The number of amides is 1. The molecule has 2 N–H and O–H groups in total. The molecule has 9 nitrogen and oxygen atoms in total. The highest BCUT2D eigenvalue weighted by atomic mass is 31.2. The Balaban J connectivity index is 5.41. The van der Waals surface area contributed by atoms with Crippen molar-refractivity contribution < 1.29 is 37.3 Å². The van der Waals surface area contributed by atoms with Crippen LogP contribution in [-0.2, 0) is 27.9 Å². The lowest BCUT2D eigenvalue weighted by Gasteiger charge is -2.27. The second kappa shape index (κ2) is 48.8. The Morgan fingerprint density at radius 1 is 0.536 bits per heavy atom. The number of carbonyl (C=O) groups is 2. The molecule has 0 bridgehead atoms. The average Bonchev–Trinajstić information content (AvgIpc) is 3.31. The molecule has 1 amide bonds. The summed E-state index contributed by atoms with van der Waals surface area (Å²) in [7, 11) is 1.46. The summed E-state index contributed by atoms with van der Waals surface area (Å²) in [5.74, 6) is -0.550. The zero-order valence-corrected chi connectivity index (χ0v) is 46.2. The zero-order valence-electron chi connectivity index (χ0n) is 45.3. The SMILES string of the molecule is CC/C=C/C=C/C=C/CCCCCCCCCC(=O)NC(COP(=O)(O)OCC[N+](C)(C)C)C(/C=C/CCCCCCCCCCC)OC(=O)CCCCCC/C=C\C/C=C\C/C=C\CCCCC. The molecule has 69 heavy (non-hydrogen) atoms. The van der Waals surface area contributed by atoms with Crippen molar-refractivity contribution in [3.63, 3.8) is 0 Å². The van der Waals surface area contributed by atoms with Gasteiger partial charge in [0.1, 0.15) is 19.3 Å². The lowest BCUT2D eigenvalue weighted by Crippen LogP contribution is -2.47. The van der Waals surface area contributed by atoms with E-state index in [2.05, 4.69) is 99.0 Å². The molecule has 3 atom stereocenters. The summed E-state index contributed by atoms with van der Waals surface area (Å²) in [5.41, 5.74) is 0. The van der Waals surface area contributed by atoms with Gasteiger partial charge < -0.3 is 19.4 Å². The lowest BCUT2D eigenvalue weighted by atomic mass is 10.1. The minimum Gasteiger partial charge on any atom is -0.456 e. The van der Waals surface area contributed by atoms with Gasteiger partial charge in [-0.1, -0.05) is 209 Å². The molecule has 0 fully saturated rings. The Kier molecular flexibility index (Phi) is 46.8. The van der Waals surface area contributed by atoms with Crippen LogP contribution in [0.2, 0.25) is 0 Å². The molecular formula is C59H106N2O7P+. The first-order valence-electron chi connectivity index (χ1n) is 27.9. The van der Waals surface area contributed by atoms with Crippen LogP contribution in [0, 0.1) is 0 Å². The largest absolute Gasteiger partial charge is 0.472 e. The molecule has 0 aliphatic rings. The Labute approximate surface area is 425 Å². The Morgan fingerprint density at radius 2 is 0.986 bits per heavy atom. The Morgan fingerprint density at radius 3 is 1.54 bits per heavy atom. The molecular weight excluding hydrogens is 880 g/mol.